The van der Waals surface area contributed by atoms with Gasteiger partial charge >= 0.3 is 11.9 Å². The van der Waals surface area contributed by atoms with Crippen molar-refractivity contribution in [1.29, 1.82) is 0 Å². The van der Waals surface area contributed by atoms with E-state index in [4.69, 9.17) is 14.5 Å². The predicted octanol–water partition coefficient (Wildman–Crippen LogP) is 7.47. The van der Waals surface area contributed by atoms with Crippen molar-refractivity contribution in [3.8, 4) is 0 Å². The monoisotopic (exact) mass is 542 g/mol. The molecule has 0 fully saturated rings. The van der Waals surface area contributed by atoms with Crippen LogP contribution in [0.1, 0.15) is 128 Å². The highest BCUT2D eigenvalue weighted by Crippen LogP contribution is 2.41. The lowest BCUT2D eigenvalue weighted by Gasteiger charge is -2.39. The van der Waals surface area contributed by atoms with Gasteiger partial charge < -0.3 is 14.7 Å². The molecule has 7 nitrogen and oxygen atoms in total. The molecule has 2 rings (SSSR count). The fourth-order valence-corrected chi connectivity index (χ4v) is 5.95. The Morgan fingerprint density at radius 1 is 0.974 bits per heavy atom. The van der Waals surface area contributed by atoms with Crippen molar-refractivity contribution in [3.05, 3.63) is 34.9 Å². The number of rotatable bonds is 18. The second kappa shape index (κ2) is 17.1. The van der Waals surface area contributed by atoms with Gasteiger partial charge in [-0.25, -0.2) is 9.59 Å². The number of carbonyl (C=O) groups excluding carboxylic acids is 2. The summed E-state index contributed by atoms with van der Waals surface area (Å²) in [5.41, 5.74) is 3.01. The second-order valence-corrected chi connectivity index (χ2v) is 10.8. The van der Waals surface area contributed by atoms with Gasteiger partial charge in [0.2, 0.25) is 5.71 Å². The minimum atomic E-state index is -1.05. The number of hydrogen-bond acceptors (Lipinski definition) is 7. The molecule has 0 bridgehead atoms. The summed E-state index contributed by atoms with van der Waals surface area (Å²) >= 11 is 0. The lowest BCUT2D eigenvalue weighted by molar-refractivity contribution is -0.164. The van der Waals surface area contributed by atoms with Crippen molar-refractivity contribution < 1.29 is 24.3 Å². The summed E-state index contributed by atoms with van der Waals surface area (Å²) in [4.78, 5) is 30.8. The molecule has 1 aliphatic rings. The molecular formula is C32H50N2O5. The first kappa shape index (κ1) is 32.5. The number of nitrogens with zero attached hydrogens (tertiary/aromatic N) is 2. The maximum Gasteiger partial charge on any atom is 0.363 e. The van der Waals surface area contributed by atoms with E-state index >= 15 is 0 Å². The number of unbranched alkanes of at least 4 members (excludes halogenated alkanes) is 7. The quantitative estimate of drug-likeness (QED) is 0.0682. The molecule has 1 aliphatic heterocycles. The molecule has 0 aromatic heterocycles. The maximum absolute atomic E-state index is 13.3. The molecular weight excluding hydrogens is 492 g/mol. The van der Waals surface area contributed by atoms with Crippen molar-refractivity contribution in [2.24, 2.45) is 10.1 Å². The van der Waals surface area contributed by atoms with Gasteiger partial charge in [-0.15, -0.1) is 0 Å². The SMILES string of the molecule is CCCCCCCCCCC(OC(=O)C(=NO)C1=NCC(CCC)(CCC)c2c(C)cccc21)C(=O)OCC. The number of ether oxygens (including phenoxy) is 2. The topological polar surface area (TPSA) is 97.5 Å². The predicted molar refractivity (Wildman–Crippen MR) is 157 cm³/mol. The van der Waals surface area contributed by atoms with Crippen LogP contribution in [0.4, 0.5) is 0 Å². The minimum Gasteiger partial charge on any atom is -0.463 e. The number of oxime groups is 1. The number of aryl methyl sites for hydroxylation is 1. The highest BCUT2D eigenvalue weighted by molar-refractivity contribution is 6.69. The molecule has 1 N–H and O–H groups in total. The zero-order valence-corrected chi connectivity index (χ0v) is 24.9. The van der Waals surface area contributed by atoms with Crippen LogP contribution in [0.25, 0.3) is 0 Å². The van der Waals surface area contributed by atoms with Crippen LogP contribution in [-0.4, -0.2) is 47.8 Å². The number of benzene rings is 1. The largest absolute Gasteiger partial charge is 0.463 e. The van der Waals surface area contributed by atoms with Gasteiger partial charge in [-0.1, -0.05) is 102 Å². The number of hydrogen-bond donors (Lipinski definition) is 1. The summed E-state index contributed by atoms with van der Waals surface area (Å²) in [6.07, 6.45) is 12.2. The molecule has 1 aromatic carbocycles. The van der Waals surface area contributed by atoms with Crippen LogP contribution >= 0.6 is 0 Å². The van der Waals surface area contributed by atoms with Crippen molar-refractivity contribution in [2.75, 3.05) is 13.2 Å². The molecule has 0 radical (unpaired) electrons. The Morgan fingerprint density at radius 2 is 1.62 bits per heavy atom. The lowest BCUT2D eigenvalue weighted by atomic mass is 9.68. The lowest BCUT2D eigenvalue weighted by Crippen LogP contribution is -2.41. The Balaban J connectivity index is 2.20. The smallest absolute Gasteiger partial charge is 0.363 e. The minimum absolute atomic E-state index is 0.123. The van der Waals surface area contributed by atoms with E-state index < -0.39 is 18.0 Å². The summed E-state index contributed by atoms with van der Waals surface area (Å²) in [6.45, 7) is 11.1. The molecule has 39 heavy (non-hydrogen) atoms. The van der Waals surface area contributed by atoms with E-state index in [-0.39, 0.29) is 17.7 Å². The van der Waals surface area contributed by atoms with Crippen molar-refractivity contribution in [2.45, 2.75) is 130 Å². The van der Waals surface area contributed by atoms with Crippen LogP contribution in [0.2, 0.25) is 0 Å². The first-order valence-corrected chi connectivity index (χ1v) is 15.1. The summed E-state index contributed by atoms with van der Waals surface area (Å²) in [6, 6.07) is 5.94. The third kappa shape index (κ3) is 8.91. The van der Waals surface area contributed by atoms with Crippen LogP contribution in [0.3, 0.4) is 0 Å². The Hall–Kier alpha value is -2.70. The van der Waals surface area contributed by atoms with Gasteiger partial charge in [0.25, 0.3) is 0 Å². The van der Waals surface area contributed by atoms with E-state index in [0.717, 1.165) is 61.6 Å². The van der Waals surface area contributed by atoms with Gasteiger partial charge in [0, 0.05) is 17.5 Å². The third-order valence-electron chi connectivity index (χ3n) is 7.69. The molecule has 1 aromatic rings. The molecule has 0 spiro atoms. The molecule has 1 heterocycles. The number of fused-ring (bicyclic) bond motifs is 1. The summed E-state index contributed by atoms with van der Waals surface area (Å²) in [7, 11) is 0. The Labute approximate surface area is 235 Å². The van der Waals surface area contributed by atoms with Crippen LogP contribution in [0, 0.1) is 6.92 Å². The number of aliphatic imine (C=N–C) groups is 1. The molecule has 0 saturated carbocycles. The van der Waals surface area contributed by atoms with E-state index in [2.05, 4.69) is 38.9 Å². The third-order valence-corrected chi connectivity index (χ3v) is 7.69. The molecule has 7 heteroatoms. The van der Waals surface area contributed by atoms with Crippen molar-refractivity contribution in [3.63, 3.8) is 0 Å². The zero-order chi connectivity index (χ0) is 28.7. The molecule has 218 valence electrons. The molecule has 0 amide bonds. The van der Waals surface area contributed by atoms with Crippen molar-refractivity contribution >= 4 is 23.4 Å². The molecule has 1 unspecified atom stereocenters. The summed E-state index contributed by atoms with van der Waals surface area (Å²) in [5, 5.41) is 13.3. The summed E-state index contributed by atoms with van der Waals surface area (Å²) in [5.74, 6) is -1.43. The van der Waals surface area contributed by atoms with E-state index in [0.29, 0.717) is 18.7 Å². The van der Waals surface area contributed by atoms with Gasteiger partial charge in [-0.05, 0) is 50.7 Å². The Kier molecular flexibility index (Phi) is 14.2. The molecule has 0 saturated heterocycles. The van der Waals surface area contributed by atoms with Crippen LogP contribution < -0.4 is 0 Å². The maximum atomic E-state index is 13.3. The van der Waals surface area contributed by atoms with Gasteiger partial charge in [-0.3, -0.25) is 4.99 Å². The van der Waals surface area contributed by atoms with E-state index in [1.54, 1.807) is 6.92 Å². The highest BCUT2D eigenvalue weighted by atomic mass is 16.6. The highest BCUT2D eigenvalue weighted by Gasteiger charge is 2.40. The normalized spacial score (nSPS) is 15.3. The van der Waals surface area contributed by atoms with Gasteiger partial charge in [0.05, 0.1) is 6.61 Å². The first-order chi connectivity index (χ1) is 18.9. The fraction of sp³-hybridized carbons (Fsp3) is 0.688. The summed E-state index contributed by atoms with van der Waals surface area (Å²) < 4.78 is 10.8. The van der Waals surface area contributed by atoms with Crippen LogP contribution in [-0.2, 0) is 24.5 Å². The van der Waals surface area contributed by atoms with Gasteiger partial charge in [0.15, 0.2) is 6.10 Å². The number of carbonyl (C=O) groups is 2. The Bertz CT molecular complexity index is 979. The average Bonchev–Trinajstić information content (AvgIpc) is 2.91. The standard InChI is InChI=1S/C32H50N2O5/c1-6-10-11-12-13-14-15-16-20-26(30(35)38-9-4)39-31(36)29(34-37)28-25-19-17-18-24(5)27(25)32(21-7-2,22-8-3)23-33-28/h17-19,26,37H,6-16,20-23H2,1-5H3. The van der Waals surface area contributed by atoms with Gasteiger partial charge in [-0.2, -0.15) is 0 Å². The van der Waals surface area contributed by atoms with Crippen molar-refractivity contribution in [1.82, 2.24) is 0 Å². The van der Waals surface area contributed by atoms with Gasteiger partial charge in [0.1, 0.15) is 5.71 Å². The zero-order valence-electron chi connectivity index (χ0n) is 24.9. The average molecular weight is 543 g/mol. The Morgan fingerprint density at radius 3 is 2.21 bits per heavy atom. The van der Waals surface area contributed by atoms with Crippen LogP contribution in [0.5, 0.6) is 0 Å². The first-order valence-electron chi connectivity index (χ1n) is 15.1. The van der Waals surface area contributed by atoms with E-state index in [1.165, 1.54) is 32.1 Å². The number of esters is 2. The van der Waals surface area contributed by atoms with Crippen LogP contribution in [0.15, 0.2) is 28.3 Å². The van der Waals surface area contributed by atoms with E-state index in [9.17, 15) is 14.8 Å². The molecule has 1 atom stereocenters. The van der Waals surface area contributed by atoms with E-state index in [1.807, 2.05) is 12.1 Å². The second-order valence-electron chi connectivity index (χ2n) is 10.8. The molecule has 0 aliphatic carbocycles. The fourth-order valence-electron chi connectivity index (χ4n) is 5.95.